The first-order valence-corrected chi connectivity index (χ1v) is 5.81. The monoisotopic (exact) mass is 259 g/mol. The molecular formula is C12H21NO5. The molecule has 0 aromatic rings. The number of ether oxygens (including phenoxy) is 2. The minimum absolute atomic E-state index is 0.0276. The summed E-state index contributed by atoms with van der Waals surface area (Å²) >= 11 is 0. The standard InChI is InChI=1S/C12H21NO5/c1-8(2)17-12(18-9(3)4)7-13-10(14)5-6-11(15)16/h5-6,8-9,12H,7H2,1-4H3,(H,13,14)(H,15,16). The molecule has 0 saturated carbocycles. The van der Waals surface area contributed by atoms with Crippen LogP contribution in [0.1, 0.15) is 27.7 Å². The van der Waals surface area contributed by atoms with Crippen molar-refractivity contribution >= 4 is 11.9 Å². The molecule has 6 heteroatoms. The second kappa shape index (κ2) is 8.66. The number of hydrogen-bond acceptors (Lipinski definition) is 4. The van der Waals surface area contributed by atoms with Crippen LogP contribution in [0.25, 0.3) is 0 Å². The summed E-state index contributed by atoms with van der Waals surface area (Å²) in [5, 5.41) is 10.9. The fourth-order valence-corrected chi connectivity index (χ4v) is 1.13. The Bertz CT molecular complexity index is 289. The molecule has 0 saturated heterocycles. The number of rotatable bonds is 8. The van der Waals surface area contributed by atoms with Crippen molar-refractivity contribution in [2.75, 3.05) is 6.54 Å². The molecule has 0 aliphatic rings. The third-order valence-corrected chi connectivity index (χ3v) is 1.67. The average molecular weight is 259 g/mol. The smallest absolute Gasteiger partial charge is 0.328 e. The van der Waals surface area contributed by atoms with E-state index in [0.29, 0.717) is 0 Å². The summed E-state index contributed by atoms with van der Waals surface area (Å²) in [5.41, 5.74) is 0. The average Bonchev–Trinajstić information content (AvgIpc) is 2.21. The molecule has 0 aliphatic carbocycles. The summed E-state index contributed by atoms with van der Waals surface area (Å²) in [4.78, 5) is 21.5. The van der Waals surface area contributed by atoms with Gasteiger partial charge in [0.05, 0.1) is 18.8 Å². The summed E-state index contributed by atoms with van der Waals surface area (Å²) < 4.78 is 10.9. The maximum Gasteiger partial charge on any atom is 0.328 e. The van der Waals surface area contributed by atoms with Crippen LogP contribution in [0, 0.1) is 0 Å². The van der Waals surface area contributed by atoms with E-state index in [1.54, 1.807) is 0 Å². The highest BCUT2D eigenvalue weighted by Gasteiger charge is 2.14. The van der Waals surface area contributed by atoms with Crippen molar-refractivity contribution in [3.8, 4) is 0 Å². The van der Waals surface area contributed by atoms with Gasteiger partial charge in [-0.1, -0.05) is 0 Å². The van der Waals surface area contributed by atoms with Crippen LogP contribution >= 0.6 is 0 Å². The van der Waals surface area contributed by atoms with Crippen LogP contribution in [0.3, 0.4) is 0 Å². The maximum absolute atomic E-state index is 11.3. The van der Waals surface area contributed by atoms with Crippen molar-refractivity contribution in [3.05, 3.63) is 12.2 Å². The van der Waals surface area contributed by atoms with E-state index in [0.717, 1.165) is 12.2 Å². The van der Waals surface area contributed by atoms with Crippen molar-refractivity contribution in [3.63, 3.8) is 0 Å². The van der Waals surface area contributed by atoms with Gasteiger partial charge in [0.2, 0.25) is 5.91 Å². The van der Waals surface area contributed by atoms with Crippen LogP contribution in [0.4, 0.5) is 0 Å². The molecule has 0 atom stereocenters. The molecule has 104 valence electrons. The number of carbonyl (C=O) groups excluding carboxylic acids is 1. The van der Waals surface area contributed by atoms with E-state index in [1.165, 1.54) is 0 Å². The third kappa shape index (κ3) is 9.80. The fourth-order valence-electron chi connectivity index (χ4n) is 1.13. The molecule has 0 aromatic heterocycles. The highest BCUT2D eigenvalue weighted by Crippen LogP contribution is 2.03. The van der Waals surface area contributed by atoms with Crippen molar-refractivity contribution in [2.24, 2.45) is 0 Å². The van der Waals surface area contributed by atoms with Gasteiger partial charge in [0, 0.05) is 12.2 Å². The molecule has 2 N–H and O–H groups in total. The predicted octanol–water partition coefficient (Wildman–Crippen LogP) is 0.919. The molecule has 0 rings (SSSR count). The zero-order valence-corrected chi connectivity index (χ0v) is 11.2. The van der Waals surface area contributed by atoms with Gasteiger partial charge >= 0.3 is 5.97 Å². The van der Waals surface area contributed by atoms with Crippen LogP contribution in [0.2, 0.25) is 0 Å². The Morgan fingerprint density at radius 1 is 1.11 bits per heavy atom. The van der Waals surface area contributed by atoms with Gasteiger partial charge in [0.25, 0.3) is 0 Å². The number of carboxylic acid groups (broad SMARTS) is 1. The molecule has 0 fully saturated rings. The van der Waals surface area contributed by atoms with E-state index in [2.05, 4.69) is 5.32 Å². The van der Waals surface area contributed by atoms with Gasteiger partial charge in [0.1, 0.15) is 0 Å². The first kappa shape index (κ1) is 16.6. The molecule has 18 heavy (non-hydrogen) atoms. The quantitative estimate of drug-likeness (QED) is 0.500. The van der Waals surface area contributed by atoms with Gasteiger partial charge in [-0.2, -0.15) is 0 Å². The molecule has 0 heterocycles. The minimum atomic E-state index is -1.17. The second-order valence-electron chi connectivity index (χ2n) is 4.22. The molecule has 0 unspecified atom stereocenters. The molecule has 0 aromatic carbocycles. The highest BCUT2D eigenvalue weighted by molar-refractivity contribution is 5.93. The molecule has 0 bridgehead atoms. The largest absolute Gasteiger partial charge is 0.478 e. The van der Waals surface area contributed by atoms with E-state index < -0.39 is 18.2 Å². The Morgan fingerprint density at radius 3 is 2.00 bits per heavy atom. The summed E-state index contributed by atoms with van der Waals surface area (Å²) in [5.74, 6) is -1.67. The van der Waals surface area contributed by atoms with Crippen LogP contribution in [0.15, 0.2) is 12.2 Å². The normalized spacial score (nSPS) is 11.7. The van der Waals surface area contributed by atoms with Crippen molar-refractivity contribution in [1.29, 1.82) is 0 Å². The zero-order chi connectivity index (χ0) is 14.1. The maximum atomic E-state index is 11.3. The number of amides is 1. The molecule has 0 radical (unpaired) electrons. The van der Waals surface area contributed by atoms with Gasteiger partial charge in [0.15, 0.2) is 6.29 Å². The Labute approximate surface area is 107 Å². The van der Waals surface area contributed by atoms with Crippen LogP contribution in [-0.4, -0.2) is 42.0 Å². The van der Waals surface area contributed by atoms with Gasteiger partial charge in [-0.05, 0) is 27.7 Å². The van der Waals surface area contributed by atoms with Crippen molar-refractivity contribution < 1.29 is 24.2 Å². The third-order valence-electron chi connectivity index (χ3n) is 1.67. The Balaban J connectivity index is 4.16. The predicted molar refractivity (Wildman–Crippen MR) is 66.0 cm³/mol. The first-order valence-electron chi connectivity index (χ1n) is 5.81. The first-order chi connectivity index (χ1) is 8.31. The van der Waals surface area contributed by atoms with E-state index >= 15 is 0 Å². The lowest BCUT2D eigenvalue weighted by molar-refractivity contribution is -0.178. The topological polar surface area (TPSA) is 84.9 Å². The lowest BCUT2D eigenvalue weighted by atomic mass is 10.4. The van der Waals surface area contributed by atoms with Gasteiger partial charge in [-0.15, -0.1) is 0 Å². The fraction of sp³-hybridized carbons (Fsp3) is 0.667. The van der Waals surface area contributed by atoms with Crippen molar-refractivity contribution in [1.82, 2.24) is 5.32 Å². The summed E-state index contributed by atoms with van der Waals surface area (Å²) in [6, 6.07) is 0. The Kier molecular flexibility index (Phi) is 7.98. The van der Waals surface area contributed by atoms with E-state index in [9.17, 15) is 9.59 Å². The van der Waals surface area contributed by atoms with E-state index in [-0.39, 0.29) is 18.8 Å². The number of nitrogens with one attached hydrogen (secondary N) is 1. The molecule has 1 amide bonds. The highest BCUT2D eigenvalue weighted by atomic mass is 16.7. The lowest BCUT2D eigenvalue weighted by Gasteiger charge is -2.23. The Morgan fingerprint density at radius 2 is 1.61 bits per heavy atom. The SMILES string of the molecule is CC(C)OC(CNC(=O)C=CC(=O)O)OC(C)C. The zero-order valence-electron chi connectivity index (χ0n) is 11.2. The molecular weight excluding hydrogens is 238 g/mol. The van der Waals surface area contributed by atoms with Crippen LogP contribution in [0.5, 0.6) is 0 Å². The molecule has 0 spiro atoms. The lowest BCUT2D eigenvalue weighted by Crippen LogP contribution is -2.37. The van der Waals surface area contributed by atoms with Crippen LogP contribution < -0.4 is 5.32 Å². The summed E-state index contributed by atoms with van der Waals surface area (Å²) in [7, 11) is 0. The Hall–Kier alpha value is -1.40. The molecule has 6 nitrogen and oxygen atoms in total. The van der Waals surface area contributed by atoms with Gasteiger partial charge in [-0.25, -0.2) is 4.79 Å². The van der Waals surface area contributed by atoms with Gasteiger partial charge < -0.3 is 19.9 Å². The number of aliphatic carboxylic acids is 1. The second-order valence-corrected chi connectivity index (χ2v) is 4.22. The van der Waals surface area contributed by atoms with Crippen molar-refractivity contribution in [2.45, 2.75) is 46.2 Å². The summed E-state index contributed by atoms with van der Waals surface area (Å²) in [6.07, 6.45) is 1.12. The van der Waals surface area contributed by atoms with Crippen LogP contribution in [-0.2, 0) is 19.1 Å². The van der Waals surface area contributed by atoms with E-state index in [4.69, 9.17) is 14.6 Å². The molecule has 0 aliphatic heterocycles. The minimum Gasteiger partial charge on any atom is -0.478 e. The number of hydrogen-bond donors (Lipinski definition) is 2. The van der Waals surface area contributed by atoms with Gasteiger partial charge in [-0.3, -0.25) is 4.79 Å². The number of carbonyl (C=O) groups is 2. The van der Waals surface area contributed by atoms with E-state index in [1.807, 2.05) is 27.7 Å². The summed E-state index contributed by atoms with van der Waals surface area (Å²) in [6.45, 7) is 7.62. The number of carboxylic acids is 1.